The lowest BCUT2D eigenvalue weighted by atomic mass is 9.74. The summed E-state index contributed by atoms with van der Waals surface area (Å²) in [7, 11) is 0. The maximum absolute atomic E-state index is 13.8. The van der Waals surface area contributed by atoms with Crippen LogP contribution < -0.4 is 10.2 Å². The lowest BCUT2D eigenvalue weighted by Crippen LogP contribution is -2.49. The average molecular weight is 585 g/mol. The molecule has 38 heavy (non-hydrogen) atoms. The highest BCUT2D eigenvalue weighted by atomic mass is 79.9. The molecule has 2 aromatic rings. The summed E-state index contributed by atoms with van der Waals surface area (Å²) in [6.45, 7) is 6.56. The number of anilines is 1. The van der Waals surface area contributed by atoms with Crippen LogP contribution in [0.4, 0.5) is 10.5 Å². The van der Waals surface area contributed by atoms with Crippen LogP contribution in [0.15, 0.2) is 65.3 Å². The van der Waals surface area contributed by atoms with E-state index in [4.69, 9.17) is 0 Å². The highest BCUT2D eigenvalue weighted by Gasteiger charge is 2.51. The molecule has 2 aliphatic rings. The smallest absolute Gasteiger partial charge is 0.325 e. The molecule has 1 spiro atoms. The fraction of sp³-hybridized carbons (Fsp3) is 0.467. The molecule has 7 nitrogen and oxygen atoms in total. The minimum absolute atomic E-state index is 0.0272. The number of aliphatic hydroxyl groups is 2. The van der Waals surface area contributed by atoms with Crippen LogP contribution in [0.1, 0.15) is 67.8 Å². The molecule has 0 radical (unpaired) electrons. The Kier molecular flexibility index (Phi) is 9.15. The summed E-state index contributed by atoms with van der Waals surface area (Å²) in [5, 5.41) is 21.5. The van der Waals surface area contributed by atoms with Gasteiger partial charge < -0.3 is 20.4 Å². The Balaban J connectivity index is 1.50. The third kappa shape index (κ3) is 6.41. The van der Waals surface area contributed by atoms with E-state index in [2.05, 4.69) is 39.6 Å². The number of nitrogens with zero attached hydrogens (tertiary/aromatic N) is 2. The van der Waals surface area contributed by atoms with E-state index in [-0.39, 0.29) is 29.8 Å². The van der Waals surface area contributed by atoms with Crippen molar-refractivity contribution in [2.75, 3.05) is 18.0 Å². The summed E-state index contributed by atoms with van der Waals surface area (Å²) in [6.07, 6.45) is 6.82. The maximum Gasteiger partial charge on any atom is 0.325 e. The Labute approximate surface area is 233 Å². The van der Waals surface area contributed by atoms with Crippen molar-refractivity contribution in [3.63, 3.8) is 0 Å². The Morgan fingerprint density at radius 2 is 1.82 bits per heavy atom. The van der Waals surface area contributed by atoms with Crippen molar-refractivity contribution >= 4 is 33.6 Å². The first-order valence-corrected chi connectivity index (χ1v) is 14.3. The number of aliphatic hydroxyl groups excluding tert-OH is 2. The normalized spacial score (nSPS) is 22.1. The fourth-order valence-electron chi connectivity index (χ4n) is 5.63. The summed E-state index contributed by atoms with van der Waals surface area (Å²) < 4.78 is 0.982. The van der Waals surface area contributed by atoms with Crippen molar-refractivity contribution in [2.45, 2.75) is 70.1 Å². The molecule has 1 saturated carbocycles. The van der Waals surface area contributed by atoms with Gasteiger partial charge in [0.25, 0.3) is 5.91 Å². The molecule has 0 aromatic heterocycles. The van der Waals surface area contributed by atoms with Crippen LogP contribution in [-0.4, -0.2) is 51.8 Å². The third-order valence-electron chi connectivity index (χ3n) is 8.02. The van der Waals surface area contributed by atoms with Crippen LogP contribution >= 0.6 is 15.9 Å². The average Bonchev–Trinajstić information content (AvgIpc) is 3.18. The molecule has 1 atom stereocenters. The largest absolute Gasteiger partial charge is 0.510 e. The summed E-state index contributed by atoms with van der Waals surface area (Å²) in [5.74, 6) is -0.00241. The van der Waals surface area contributed by atoms with Crippen LogP contribution in [0.5, 0.6) is 0 Å². The molecule has 0 bridgehead atoms. The van der Waals surface area contributed by atoms with E-state index in [1.165, 1.54) is 19.3 Å². The zero-order valence-corrected chi connectivity index (χ0v) is 23.6. The van der Waals surface area contributed by atoms with Crippen molar-refractivity contribution in [1.29, 1.82) is 0 Å². The number of halogens is 1. The van der Waals surface area contributed by atoms with Crippen LogP contribution in [0, 0.1) is 5.92 Å². The van der Waals surface area contributed by atoms with Gasteiger partial charge in [-0.05, 0) is 73.6 Å². The van der Waals surface area contributed by atoms with Crippen molar-refractivity contribution in [1.82, 2.24) is 10.2 Å². The highest BCUT2D eigenvalue weighted by molar-refractivity contribution is 9.10. The molecule has 1 unspecified atom stereocenters. The first-order chi connectivity index (χ1) is 18.2. The predicted molar refractivity (Wildman–Crippen MR) is 153 cm³/mol. The highest BCUT2D eigenvalue weighted by Crippen LogP contribution is 2.44. The van der Waals surface area contributed by atoms with E-state index >= 15 is 0 Å². The molecule has 204 valence electrons. The van der Waals surface area contributed by atoms with Gasteiger partial charge in [-0.1, -0.05) is 60.8 Å². The first-order valence-electron chi connectivity index (χ1n) is 13.5. The van der Waals surface area contributed by atoms with E-state index in [9.17, 15) is 19.8 Å². The molecule has 1 heterocycles. The molecule has 1 saturated heterocycles. The van der Waals surface area contributed by atoms with Gasteiger partial charge in [0.05, 0.1) is 18.6 Å². The summed E-state index contributed by atoms with van der Waals surface area (Å²) >= 11 is 3.49. The van der Waals surface area contributed by atoms with Gasteiger partial charge in [0.15, 0.2) is 0 Å². The van der Waals surface area contributed by atoms with E-state index in [0.717, 1.165) is 47.3 Å². The zero-order chi connectivity index (χ0) is 27.3. The Morgan fingerprint density at radius 3 is 2.42 bits per heavy atom. The number of carbonyl (C=O) groups excluding carboxylic acids is 2. The van der Waals surface area contributed by atoms with Crippen molar-refractivity contribution in [2.24, 2.45) is 5.92 Å². The third-order valence-corrected chi connectivity index (χ3v) is 8.55. The van der Waals surface area contributed by atoms with Crippen LogP contribution in [0.3, 0.4) is 0 Å². The van der Waals surface area contributed by atoms with E-state index in [1.807, 2.05) is 41.3 Å². The molecule has 8 heteroatoms. The number of hydrogen-bond acceptors (Lipinski definition) is 4. The molecule has 2 aromatic carbocycles. The minimum Gasteiger partial charge on any atom is -0.510 e. The second kappa shape index (κ2) is 12.3. The van der Waals surface area contributed by atoms with Gasteiger partial charge in [0, 0.05) is 22.3 Å². The SMILES string of the molecule is C=C(O)C(O)CNC(=O)c1ccc(CN2C(=O)N(c3ccc(Br)cc3)CC23CCC(CCCC)CC3)cc1. The molecular weight excluding hydrogens is 546 g/mol. The molecule has 3 amide bonds. The first kappa shape index (κ1) is 28.2. The van der Waals surface area contributed by atoms with Crippen molar-refractivity contribution < 1.29 is 19.8 Å². The molecular formula is C30H38BrN3O4. The molecule has 1 aliphatic heterocycles. The molecule has 4 rings (SSSR count). The number of urea groups is 1. The topological polar surface area (TPSA) is 93.1 Å². The quantitative estimate of drug-likeness (QED) is 0.291. The lowest BCUT2D eigenvalue weighted by molar-refractivity contribution is 0.0907. The standard InChI is InChI=1S/C30H38BrN3O4/c1-3-4-5-22-14-16-30(17-15-22)20-33(26-12-10-25(31)11-13-26)29(38)34(30)19-23-6-8-24(9-7-23)28(37)32-18-27(36)21(2)35/h6-13,22,27,35-36H,2-5,14-20H2,1H3,(H,32,37). The molecule has 1 aliphatic carbocycles. The number of benzene rings is 2. The molecule has 2 fully saturated rings. The van der Waals surface area contributed by atoms with Crippen LogP contribution in [0.25, 0.3) is 0 Å². The number of carbonyl (C=O) groups is 2. The number of rotatable bonds is 10. The maximum atomic E-state index is 13.8. The Bertz CT molecular complexity index is 1130. The van der Waals surface area contributed by atoms with Gasteiger partial charge in [0.1, 0.15) is 11.9 Å². The minimum atomic E-state index is -1.21. The number of amides is 3. The van der Waals surface area contributed by atoms with Gasteiger partial charge >= 0.3 is 6.03 Å². The van der Waals surface area contributed by atoms with E-state index < -0.39 is 6.10 Å². The van der Waals surface area contributed by atoms with Crippen molar-refractivity contribution in [3.05, 3.63) is 76.5 Å². The monoisotopic (exact) mass is 583 g/mol. The van der Waals surface area contributed by atoms with Crippen molar-refractivity contribution in [3.8, 4) is 0 Å². The van der Waals surface area contributed by atoms with Gasteiger partial charge in [-0.3, -0.25) is 9.69 Å². The summed E-state index contributed by atoms with van der Waals surface area (Å²) in [5.41, 5.74) is 2.11. The Morgan fingerprint density at radius 1 is 1.16 bits per heavy atom. The number of unbranched alkanes of at least 4 members (excludes halogenated alkanes) is 1. The second-order valence-electron chi connectivity index (χ2n) is 10.7. The number of nitrogens with one attached hydrogen (secondary N) is 1. The van der Waals surface area contributed by atoms with E-state index in [0.29, 0.717) is 18.7 Å². The van der Waals surface area contributed by atoms with Crippen LogP contribution in [0.2, 0.25) is 0 Å². The van der Waals surface area contributed by atoms with Gasteiger partial charge in [0.2, 0.25) is 0 Å². The summed E-state index contributed by atoms with van der Waals surface area (Å²) in [6, 6.07) is 15.2. The molecule has 3 N–H and O–H groups in total. The Hall–Kier alpha value is -2.84. The zero-order valence-electron chi connectivity index (χ0n) is 22.0. The van der Waals surface area contributed by atoms with Gasteiger partial charge in [-0.15, -0.1) is 0 Å². The predicted octanol–water partition coefficient (Wildman–Crippen LogP) is 6.17. The van der Waals surface area contributed by atoms with Gasteiger partial charge in [-0.25, -0.2) is 4.79 Å². The fourth-order valence-corrected chi connectivity index (χ4v) is 5.90. The van der Waals surface area contributed by atoms with Gasteiger partial charge in [-0.2, -0.15) is 0 Å². The summed E-state index contributed by atoms with van der Waals surface area (Å²) in [4.78, 5) is 30.2. The van der Waals surface area contributed by atoms with E-state index in [1.54, 1.807) is 12.1 Å². The lowest BCUT2D eigenvalue weighted by Gasteiger charge is -2.42. The number of hydrogen-bond donors (Lipinski definition) is 3. The van der Waals surface area contributed by atoms with Crippen LogP contribution in [-0.2, 0) is 6.54 Å². The second-order valence-corrected chi connectivity index (χ2v) is 11.6.